The maximum absolute atomic E-state index is 8.90. The first-order valence-corrected chi connectivity index (χ1v) is 4.39. The Labute approximate surface area is 78.8 Å². The number of rotatable bonds is 7. The van der Waals surface area contributed by atoms with Gasteiger partial charge in [-0.15, -0.1) is 0 Å². The Morgan fingerprint density at radius 2 is 1.62 bits per heavy atom. The van der Waals surface area contributed by atoms with Gasteiger partial charge in [0.05, 0.1) is 19.8 Å². The van der Waals surface area contributed by atoms with Crippen molar-refractivity contribution in [2.75, 3.05) is 39.5 Å². The van der Waals surface area contributed by atoms with E-state index in [1.807, 2.05) is 4.90 Å². The maximum Gasteiger partial charge on any atom is 0.0621 e. The van der Waals surface area contributed by atoms with Crippen LogP contribution < -0.4 is 5.73 Å². The molecule has 5 N–H and O–H groups in total. The van der Waals surface area contributed by atoms with Crippen molar-refractivity contribution in [1.82, 2.24) is 4.90 Å². The molecule has 0 radical (unpaired) electrons. The summed E-state index contributed by atoms with van der Waals surface area (Å²) in [6, 6.07) is 0. The molecule has 0 aromatic heterocycles. The molecule has 0 saturated carbocycles. The van der Waals surface area contributed by atoms with Crippen LogP contribution in [0, 0.1) is 0 Å². The van der Waals surface area contributed by atoms with Crippen LogP contribution in [0.2, 0.25) is 0 Å². The lowest BCUT2D eigenvalue weighted by Crippen LogP contribution is -2.51. The van der Waals surface area contributed by atoms with Crippen molar-refractivity contribution in [3.63, 3.8) is 0 Å². The Balaban J connectivity index is 3.92. The van der Waals surface area contributed by atoms with Crippen molar-refractivity contribution in [2.24, 2.45) is 5.73 Å². The van der Waals surface area contributed by atoms with Crippen LogP contribution in [0.5, 0.6) is 0 Å². The summed E-state index contributed by atoms with van der Waals surface area (Å²) >= 11 is 0. The lowest BCUT2D eigenvalue weighted by Gasteiger charge is -2.30. The molecule has 0 bridgehead atoms. The average Bonchev–Trinajstić information content (AvgIpc) is 2.05. The highest BCUT2D eigenvalue weighted by atomic mass is 16.3. The third-order valence-electron chi connectivity index (χ3n) is 1.78. The fraction of sp³-hybridized carbons (Fsp3) is 1.00. The van der Waals surface area contributed by atoms with Gasteiger partial charge < -0.3 is 21.1 Å². The van der Waals surface area contributed by atoms with E-state index in [1.54, 1.807) is 6.92 Å². The quantitative estimate of drug-likeness (QED) is 0.374. The van der Waals surface area contributed by atoms with Gasteiger partial charge in [0.1, 0.15) is 0 Å². The van der Waals surface area contributed by atoms with Gasteiger partial charge >= 0.3 is 0 Å². The Morgan fingerprint density at radius 1 is 1.15 bits per heavy atom. The number of hydrogen-bond donors (Lipinski definition) is 4. The van der Waals surface area contributed by atoms with Crippen molar-refractivity contribution in [3.05, 3.63) is 0 Å². The van der Waals surface area contributed by atoms with Gasteiger partial charge in [-0.1, -0.05) is 0 Å². The zero-order chi connectivity index (χ0) is 10.3. The first-order chi connectivity index (χ1) is 6.05. The zero-order valence-corrected chi connectivity index (χ0v) is 8.11. The number of aliphatic hydroxyl groups is 3. The molecular formula is C8H20N2O3. The second kappa shape index (κ2) is 6.28. The number of aliphatic hydroxyl groups excluding tert-OH is 3. The van der Waals surface area contributed by atoms with Crippen LogP contribution in [0.15, 0.2) is 0 Å². The largest absolute Gasteiger partial charge is 0.395 e. The molecule has 0 spiro atoms. The monoisotopic (exact) mass is 192 g/mol. The Morgan fingerprint density at radius 3 is 1.92 bits per heavy atom. The standard InChI is InChI=1S/C8H20N2O3/c1-8(9,7-13)6-10(2-4-11)3-5-12/h11-13H,2-7,9H2,1H3. The number of hydrogen-bond acceptors (Lipinski definition) is 5. The second-order valence-electron chi connectivity index (χ2n) is 3.54. The lowest BCUT2D eigenvalue weighted by atomic mass is 10.1. The normalized spacial score (nSPS) is 16.2. The molecule has 0 rings (SSSR count). The predicted molar refractivity (Wildman–Crippen MR) is 50.3 cm³/mol. The van der Waals surface area contributed by atoms with E-state index in [1.165, 1.54) is 0 Å². The summed E-state index contributed by atoms with van der Waals surface area (Å²) in [5.41, 5.74) is 5.05. The minimum Gasteiger partial charge on any atom is -0.395 e. The fourth-order valence-corrected chi connectivity index (χ4v) is 1.11. The molecule has 0 aliphatic carbocycles. The van der Waals surface area contributed by atoms with Gasteiger partial charge in [-0.25, -0.2) is 0 Å². The van der Waals surface area contributed by atoms with Gasteiger partial charge in [0.2, 0.25) is 0 Å². The van der Waals surface area contributed by atoms with E-state index in [0.29, 0.717) is 19.6 Å². The van der Waals surface area contributed by atoms with E-state index >= 15 is 0 Å². The summed E-state index contributed by atoms with van der Waals surface area (Å²) in [6.07, 6.45) is 0. The molecule has 0 heterocycles. The predicted octanol–water partition coefficient (Wildman–Crippen LogP) is -2.02. The molecule has 1 unspecified atom stereocenters. The van der Waals surface area contributed by atoms with E-state index in [4.69, 9.17) is 21.1 Å². The summed E-state index contributed by atoms with van der Waals surface area (Å²) in [4.78, 5) is 1.82. The lowest BCUT2D eigenvalue weighted by molar-refractivity contribution is 0.112. The number of nitrogens with two attached hydrogens (primary N) is 1. The van der Waals surface area contributed by atoms with Crippen molar-refractivity contribution in [3.8, 4) is 0 Å². The van der Waals surface area contributed by atoms with Gasteiger partial charge in [-0.3, -0.25) is 4.90 Å². The summed E-state index contributed by atoms with van der Waals surface area (Å²) in [7, 11) is 0. The highest BCUT2D eigenvalue weighted by Crippen LogP contribution is 2.01. The molecule has 5 nitrogen and oxygen atoms in total. The van der Waals surface area contributed by atoms with Gasteiger partial charge in [-0.2, -0.15) is 0 Å². The van der Waals surface area contributed by atoms with E-state index in [2.05, 4.69) is 0 Å². The van der Waals surface area contributed by atoms with Gasteiger partial charge in [0.25, 0.3) is 0 Å². The summed E-state index contributed by atoms with van der Waals surface area (Å²) in [5, 5.41) is 26.3. The molecule has 0 aliphatic rings. The molecule has 13 heavy (non-hydrogen) atoms. The van der Waals surface area contributed by atoms with Crippen LogP contribution in [0.25, 0.3) is 0 Å². The molecule has 80 valence electrons. The highest BCUT2D eigenvalue weighted by molar-refractivity contribution is 4.81. The summed E-state index contributed by atoms with van der Waals surface area (Å²) in [5.74, 6) is 0. The molecule has 0 saturated heterocycles. The van der Waals surface area contributed by atoms with Crippen molar-refractivity contribution >= 4 is 0 Å². The first kappa shape index (κ1) is 12.8. The van der Waals surface area contributed by atoms with Crippen LogP contribution in [-0.2, 0) is 0 Å². The Hall–Kier alpha value is -0.200. The molecule has 0 aromatic rings. The van der Waals surface area contributed by atoms with Gasteiger partial charge in [0, 0.05) is 25.2 Å². The topological polar surface area (TPSA) is 90.0 Å². The highest BCUT2D eigenvalue weighted by Gasteiger charge is 2.20. The van der Waals surface area contributed by atoms with Gasteiger partial charge in [0.15, 0.2) is 0 Å². The number of nitrogens with zero attached hydrogens (tertiary/aromatic N) is 1. The van der Waals surface area contributed by atoms with E-state index in [-0.39, 0.29) is 19.8 Å². The molecule has 0 aliphatic heterocycles. The Bertz CT molecular complexity index is 125. The maximum atomic E-state index is 8.90. The minimum atomic E-state index is -0.676. The van der Waals surface area contributed by atoms with Crippen molar-refractivity contribution < 1.29 is 15.3 Å². The van der Waals surface area contributed by atoms with Crippen LogP contribution in [0.3, 0.4) is 0 Å². The second-order valence-corrected chi connectivity index (χ2v) is 3.54. The SMILES string of the molecule is CC(N)(CO)CN(CCO)CCO. The molecule has 0 aromatic carbocycles. The van der Waals surface area contributed by atoms with E-state index < -0.39 is 5.54 Å². The van der Waals surface area contributed by atoms with Crippen molar-refractivity contribution in [1.29, 1.82) is 0 Å². The first-order valence-electron chi connectivity index (χ1n) is 4.39. The molecule has 0 amide bonds. The van der Waals surface area contributed by atoms with E-state index in [9.17, 15) is 0 Å². The third kappa shape index (κ3) is 5.95. The van der Waals surface area contributed by atoms with E-state index in [0.717, 1.165) is 0 Å². The molecule has 1 atom stereocenters. The zero-order valence-electron chi connectivity index (χ0n) is 8.11. The molecular weight excluding hydrogens is 172 g/mol. The van der Waals surface area contributed by atoms with Crippen LogP contribution in [0.1, 0.15) is 6.92 Å². The van der Waals surface area contributed by atoms with Gasteiger partial charge in [-0.05, 0) is 6.92 Å². The van der Waals surface area contributed by atoms with Crippen LogP contribution in [-0.4, -0.2) is 65.2 Å². The smallest absolute Gasteiger partial charge is 0.0621 e. The average molecular weight is 192 g/mol. The summed E-state index contributed by atoms with van der Waals surface area (Å²) in [6.45, 7) is 3.07. The fourth-order valence-electron chi connectivity index (χ4n) is 1.11. The molecule has 5 heteroatoms. The Kier molecular flexibility index (Phi) is 6.19. The van der Waals surface area contributed by atoms with Crippen molar-refractivity contribution in [2.45, 2.75) is 12.5 Å². The van der Waals surface area contributed by atoms with Crippen LogP contribution >= 0.6 is 0 Å². The molecule has 0 fully saturated rings. The van der Waals surface area contributed by atoms with Crippen LogP contribution in [0.4, 0.5) is 0 Å². The third-order valence-corrected chi connectivity index (χ3v) is 1.78. The summed E-state index contributed by atoms with van der Waals surface area (Å²) < 4.78 is 0. The minimum absolute atomic E-state index is 0.0293.